The molecule has 19 heavy (non-hydrogen) atoms. The first-order chi connectivity index (χ1) is 9.25. The lowest BCUT2D eigenvalue weighted by Gasteiger charge is -2.53. The minimum atomic E-state index is 0.235. The third-order valence-electron chi connectivity index (χ3n) is 5.82. The zero-order chi connectivity index (χ0) is 13.3. The smallest absolute Gasteiger partial charge is 0.0484 e. The third kappa shape index (κ3) is 2.56. The Morgan fingerprint density at radius 3 is 2.74 bits per heavy atom. The van der Waals surface area contributed by atoms with Crippen molar-refractivity contribution in [1.82, 2.24) is 9.80 Å². The van der Waals surface area contributed by atoms with E-state index in [-0.39, 0.29) is 5.54 Å². The van der Waals surface area contributed by atoms with Crippen LogP contribution >= 0.6 is 0 Å². The van der Waals surface area contributed by atoms with Crippen molar-refractivity contribution in [2.75, 3.05) is 46.4 Å². The minimum absolute atomic E-state index is 0.235. The fourth-order valence-electron chi connectivity index (χ4n) is 4.48. The highest BCUT2D eigenvalue weighted by molar-refractivity contribution is 4.99. The van der Waals surface area contributed by atoms with E-state index < -0.39 is 0 Å². The molecule has 3 aliphatic heterocycles. The van der Waals surface area contributed by atoms with Crippen molar-refractivity contribution in [2.45, 2.75) is 43.7 Å². The normalized spacial score (nSPS) is 36.9. The van der Waals surface area contributed by atoms with Gasteiger partial charge in [0, 0.05) is 44.4 Å². The Morgan fingerprint density at radius 2 is 2.00 bits per heavy atom. The molecule has 0 aromatic carbocycles. The average Bonchev–Trinajstić information content (AvgIpc) is 2.48. The molecule has 4 nitrogen and oxygen atoms in total. The van der Waals surface area contributed by atoms with Gasteiger partial charge in [-0.25, -0.2) is 0 Å². The zero-order valence-corrected chi connectivity index (χ0v) is 12.3. The predicted molar refractivity (Wildman–Crippen MR) is 77.2 cm³/mol. The van der Waals surface area contributed by atoms with Crippen LogP contribution in [0.4, 0.5) is 0 Å². The van der Waals surface area contributed by atoms with Crippen LogP contribution < -0.4 is 5.73 Å². The van der Waals surface area contributed by atoms with Crippen molar-refractivity contribution in [3.63, 3.8) is 0 Å². The number of hydrogen-bond acceptors (Lipinski definition) is 4. The Kier molecular flexibility index (Phi) is 4.13. The zero-order valence-electron chi connectivity index (χ0n) is 12.3. The SMILES string of the molecule is CN1CCCC2CN(C3(CN)CCOCC3)CCC21. The van der Waals surface area contributed by atoms with Gasteiger partial charge in [-0.2, -0.15) is 0 Å². The van der Waals surface area contributed by atoms with Crippen LogP contribution in [0, 0.1) is 5.92 Å². The first-order valence-electron chi connectivity index (χ1n) is 7.98. The maximum Gasteiger partial charge on any atom is 0.0484 e. The number of nitrogens with zero attached hydrogens (tertiary/aromatic N) is 2. The van der Waals surface area contributed by atoms with E-state index in [1.165, 1.54) is 38.9 Å². The number of hydrogen-bond donors (Lipinski definition) is 1. The van der Waals surface area contributed by atoms with Crippen LogP contribution in [0.15, 0.2) is 0 Å². The van der Waals surface area contributed by atoms with Crippen LogP contribution in [-0.2, 0) is 4.74 Å². The lowest BCUT2D eigenvalue weighted by atomic mass is 9.79. The largest absolute Gasteiger partial charge is 0.381 e. The molecule has 4 heteroatoms. The highest BCUT2D eigenvalue weighted by atomic mass is 16.5. The summed E-state index contributed by atoms with van der Waals surface area (Å²) in [7, 11) is 2.31. The third-order valence-corrected chi connectivity index (χ3v) is 5.82. The van der Waals surface area contributed by atoms with Gasteiger partial charge in [0.25, 0.3) is 0 Å². The van der Waals surface area contributed by atoms with Gasteiger partial charge in [0.2, 0.25) is 0 Å². The van der Waals surface area contributed by atoms with E-state index in [1.807, 2.05) is 0 Å². The van der Waals surface area contributed by atoms with Crippen LogP contribution in [0.1, 0.15) is 32.1 Å². The Labute approximate surface area is 117 Å². The first-order valence-corrected chi connectivity index (χ1v) is 7.98. The molecule has 0 bridgehead atoms. The van der Waals surface area contributed by atoms with Gasteiger partial charge in [0.15, 0.2) is 0 Å². The van der Waals surface area contributed by atoms with Gasteiger partial charge in [-0.1, -0.05) is 0 Å². The molecule has 3 saturated heterocycles. The van der Waals surface area contributed by atoms with E-state index in [0.717, 1.165) is 44.6 Å². The van der Waals surface area contributed by atoms with E-state index in [1.54, 1.807) is 0 Å². The minimum Gasteiger partial charge on any atom is -0.381 e. The second kappa shape index (κ2) is 5.68. The molecule has 2 unspecified atom stereocenters. The average molecular weight is 267 g/mol. The first kappa shape index (κ1) is 13.8. The number of rotatable bonds is 2. The maximum atomic E-state index is 6.16. The van der Waals surface area contributed by atoms with Gasteiger partial charge >= 0.3 is 0 Å². The molecule has 3 rings (SSSR count). The molecule has 0 saturated carbocycles. The second-order valence-electron chi connectivity index (χ2n) is 6.73. The second-order valence-corrected chi connectivity index (χ2v) is 6.73. The van der Waals surface area contributed by atoms with Gasteiger partial charge < -0.3 is 15.4 Å². The summed E-state index contributed by atoms with van der Waals surface area (Å²) in [4.78, 5) is 5.31. The van der Waals surface area contributed by atoms with Crippen LogP contribution in [0.5, 0.6) is 0 Å². The molecular formula is C15H29N3O. The summed E-state index contributed by atoms with van der Waals surface area (Å²) < 4.78 is 5.55. The van der Waals surface area contributed by atoms with E-state index >= 15 is 0 Å². The molecule has 0 spiro atoms. The fraction of sp³-hybridized carbons (Fsp3) is 1.00. The number of ether oxygens (including phenoxy) is 1. The Bertz CT molecular complexity index is 304. The lowest BCUT2D eigenvalue weighted by Crippen LogP contribution is -2.63. The quantitative estimate of drug-likeness (QED) is 0.807. The molecule has 0 amide bonds. The van der Waals surface area contributed by atoms with E-state index in [9.17, 15) is 0 Å². The molecule has 3 fully saturated rings. The summed E-state index contributed by atoms with van der Waals surface area (Å²) in [6, 6.07) is 0.819. The number of piperidine rings is 2. The molecule has 0 radical (unpaired) electrons. The predicted octanol–water partition coefficient (Wildman–Crippen LogP) is 0.910. The fourth-order valence-corrected chi connectivity index (χ4v) is 4.48. The lowest BCUT2D eigenvalue weighted by molar-refractivity contribution is -0.0629. The number of nitrogens with two attached hydrogens (primary N) is 1. The van der Waals surface area contributed by atoms with Crippen molar-refractivity contribution < 1.29 is 4.74 Å². The van der Waals surface area contributed by atoms with Crippen LogP contribution in [-0.4, -0.2) is 67.8 Å². The highest BCUT2D eigenvalue weighted by Gasteiger charge is 2.43. The maximum absolute atomic E-state index is 6.16. The molecule has 0 aliphatic carbocycles. The van der Waals surface area contributed by atoms with Crippen molar-refractivity contribution in [2.24, 2.45) is 11.7 Å². The van der Waals surface area contributed by atoms with Crippen molar-refractivity contribution >= 4 is 0 Å². The monoisotopic (exact) mass is 267 g/mol. The van der Waals surface area contributed by atoms with Crippen LogP contribution in [0.2, 0.25) is 0 Å². The molecule has 0 aromatic rings. The summed E-state index contributed by atoms with van der Waals surface area (Å²) >= 11 is 0. The van der Waals surface area contributed by atoms with Crippen molar-refractivity contribution in [3.05, 3.63) is 0 Å². The molecule has 3 aliphatic rings. The van der Waals surface area contributed by atoms with E-state index in [4.69, 9.17) is 10.5 Å². The molecular weight excluding hydrogens is 238 g/mol. The highest BCUT2D eigenvalue weighted by Crippen LogP contribution is 2.35. The number of fused-ring (bicyclic) bond motifs is 1. The number of likely N-dealkylation sites (tertiary alicyclic amines) is 2. The van der Waals surface area contributed by atoms with Gasteiger partial charge in [-0.3, -0.25) is 4.90 Å². The van der Waals surface area contributed by atoms with Crippen LogP contribution in [0.3, 0.4) is 0 Å². The molecule has 3 heterocycles. The van der Waals surface area contributed by atoms with Gasteiger partial charge in [-0.15, -0.1) is 0 Å². The van der Waals surface area contributed by atoms with Crippen molar-refractivity contribution in [3.8, 4) is 0 Å². The summed E-state index contributed by atoms with van der Waals surface area (Å²) in [5.41, 5.74) is 6.39. The molecule has 0 aromatic heterocycles. The van der Waals surface area contributed by atoms with E-state index in [0.29, 0.717) is 0 Å². The summed E-state index contributed by atoms with van der Waals surface area (Å²) in [6.45, 7) is 6.35. The Morgan fingerprint density at radius 1 is 1.21 bits per heavy atom. The van der Waals surface area contributed by atoms with Gasteiger partial charge in [0.1, 0.15) is 0 Å². The van der Waals surface area contributed by atoms with E-state index in [2.05, 4.69) is 16.8 Å². The molecule has 2 atom stereocenters. The van der Waals surface area contributed by atoms with Gasteiger partial charge in [-0.05, 0) is 51.6 Å². The summed E-state index contributed by atoms with van der Waals surface area (Å²) in [5, 5.41) is 0. The topological polar surface area (TPSA) is 41.7 Å². The Balaban J connectivity index is 1.69. The van der Waals surface area contributed by atoms with Gasteiger partial charge in [0.05, 0.1) is 0 Å². The summed E-state index contributed by atoms with van der Waals surface area (Å²) in [6.07, 6.45) is 6.34. The van der Waals surface area contributed by atoms with Crippen LogP contribution in [0.25, 0.3) is 0 Å². The molecule has 2 N–H and O–H groups in total. The van der Waals surface area contributed by atoms with Crippen molar-refractivity contribution in [1.29, 1.82) is 0 Å². The summed E-state index contributed by atoms with van der Waals surface area (Å²) in [5.74, 6) is 0.860. The Hall–Kier alpha value is -0.160. The molecule has 110 valence electrons. The standard InChI is InChI=1S/C15H29N3O/c1-17-7-2-3-13-11-18(8-4-14(13)17)15(12-16)5-9-19-10-6-15/h13-14H,2-12,16H2,1H3.